The molecule has 0 spiro atoms. The van der Waals surface area contributed by atoms with Crippen LogP contribution in [0.3, 0.4) is 0 Å². The monoisotopic (exact) mass is 187 g/mol. The van der Waals surface area contributed by atoms with E-state index in [4.69, 9.17) is 0 Å². The van der Waals surface area contributed by atoms with Gasteiger partial charge in [0.2, 0.25) is 0 Å². The Morgan fingerprint density at radius 2 is 2.15 bits per heavy atom. The molecule has 0 radical (unpaired) electrons. The van der Waals surface area contributed by atoms with Crippen molar-refractivity contribution >= 4 is 0 Å². The topological polar surface area (TPSA) is 12.0 Å². The van der Waals surface area contributed by atoms with Crippen LogP contribution in [0.4, 0.5) is 4.39 Å². The van der Waals surface area contributed by atoms with E-state index in [0.29, 0.717) is 6.42 Å². The van der Waals surface area contributed by atoms with E-state index in [1.54, 1.807) is 0 Å². The van der Waals surface area contributed by atoms with Crippen LogP contribution in [0.2, 0.25) is 0 Å². The predicted molar refractivity (Wildman–Crippen MR) is 54.6 cm³/mol. The van der Waals surface area contributed by atoms with Gasteiger partial charge in [-0.05, 0) is 31.2 Å². The number of alkyl halides is 1. The highest BCUT2D eigenvalue weighted by atomic mass is 19.1. The Morgan fingerprint density at radius 1 is 1.46 bits per heavy atom. The Labute approximate surface area is 81.1 Å². The molecular weight excluding hydrogens is 165 g/mol. The van der Waals surface area contributed by atoms with Crippen molar-refractivity contribution in [1.29, 1.82) is 0 Å². The first kappa shape index (κ1) is 11.0. The Morgan fingerprint density at radius 3 is 2.62 bits per heavy atom. The largest absolute Gasteiger partial charge is 0.316 e. The van der Waals surface area contributed by atoms with Crippen molar-refractivity contribution in [3.8, 4) is 0 Å². The van der Waals surface area contributed by atoms with E-state index in [2.05, 4.69) is 26.1 Å². The van der Waals surface area contributed by atoms with Gasteiger partial charge in [0.1, 0.15) is 6.17 Å². The molecule has 1 nitrogen and oxygen atoms in total. The standard InChI is InChI=1S/C11H22FN/c1-11(2,3)7-10(12)9-5-4-6-13-8-9/h9-10,13H,4-8H2,1-3H3. The lowest BCUT2D eigenvalue weighted by molar-refractivity contribution is 0.138. The second kappa shape index (κ2) is 4.41. The fraction of sp³-hybridized carbons (Fsp3) is 1.00. The van der Waals surface area contributed by atoms with E-state index in [1.165, 1.54) is 0 Å². The average Bonchev–Trinajstić information content (AvgIpc) is 2.03. The molecule has 0 aromatic heterocycles. The van der Waals surface area contributed by atoms with Gasteiger partial charge in [-0.1, -0.05) is 20.8 Å². The maximum atomic E-state index is 13.7. The van der Waals surface area contributed by atoms with E-state index in [0.717, 1.165) is 25.9 Å². The molecule has 0 saturated carbocycles. The molecule has 2 unspecified atom stereocenters. The Kier molecular flexibility index (Phi) is 3.72. The average molecular weight is 187 g/mol. The number of rotatable bonds is 2. The van der Waals surface area contributed by atoms with Gasteiger partial charge in [0.25, 0.3) is 0 Å². The van der Waals surface area contributed by atoms with Crippen molar-refractivity contribution in [3.63, 3.8) is 0 Å². The van der Waals surface area contributed by atoms with Gasteiger partial charge in [0.15, 0.2) is 0 Å². The van der Waals surface area contributed by atoms with Crippen LogP contribution in [0.15, 0.2) is 0 Å². The molecule has 2 atom stereocenters. The lowest BCUT2D eigenvalue weighted by Gasteiger charge is -2.29. The number of nitrogens with one attached hydrogen (secondary N) is 1. The lowest BCUT2D eigenvalue weighted by atomic mass is 9.83. The normalized spacial score (nSPS) is 27.2. The van der Waals surface area contributed by atoms with Gasteiger partial charge in [0, 0.05) is 12.5 Å². The van der Waals surface area contributed by atoms with Gasteiger partial charge in [-0.2, -0.15) is 0 Å². The highest BCUT2D eigenvalue weighted by Crippen LogP contribution is 2.28. The molecule has 1 saturated heterocycles. The molecule has 0 aromatic rings. The first-order valence-electron chi connectivity index (χ1n) is 5.34. The lowest BCUT2D eigenvalue weighted by Crippen LogP contribution is -2.36. The highest BCUT2D eigenvalue weighted by Gasteiger charge is 2.27. The molecule has 0 bridgehead atoms. The van der Waals surface area contributed by atoms with Gasteiger partial charge in [-0.15, -0.1) is 0 Å². The van der Waals surface area contributed by atoms with E-state index < -0.39 is 6.17 Å². The third-order valence-electron chi connectivity index (χ3n) is 2.65. The second-order valence-corrected chi connectivity index (χ2v) is 5.39. The quantitative estimate of drug-likeness (QED) is 0.701. The van der Waals surface area contributed by atoms with Gasteiger partial charge >= 0.3 is 0 Å². The summed E-state index contributed by atoms with van der Waals surface area (Å²) in [5, 5.41) is 3.26. The minimum atomic E-state index is -0.618. The van der Waals surface area contributed by atoms with Crippen molar-refractivity contribution in [2.45, 2.75) is 46.2 Å². The Bertz CT molecular complexity index is 145. The minimum absolute atomic E-state index is 0.122. The fourth-order valence-corrected chi connectivity index (χ4v) is 1.94. The molecule has 1 aliphatic rings. The fourth-order valence-electron chi connectivity index (χ4n) is 1.94. The van der Waals surface area contributed by atoms with Crippen molar-refractivity contribution in [2.75, 3.05) is 13.1 Å². The van der Waals surface area contributed by atoms with Crippen LogP contribution in [0, 0.1) is 11.3 Å². The van der Waals surface area contributed by atoms with Crippen LogP contribution in [0.25, 0.3) is 0 Å². The maximum absolute atomic E-state index is 13.7. The number of hydrogen-bond donors (Lipinski definition) is 1. The van der Waals surface area contributed by atoms with Crippen molar-refractivity contribution in [1.82, 2.24) is 5.32 Å². The highest BCUT2D eigenvalue weighted by molar-refractivity contribution is 4.79. The van der Waals surface area contributed by atoms with Gasteiger partial charge < -0.3 is 5.32 Å². The van der Waals surface area contributed by atoms with Gasteiger partial charge in [0.05, 0.1) is 0 Å². The third-order valence-corrected chi connectivity index (χ3v) is 2.65. The molecular formula is C11H22FN. The summed E-state index contributed by atoms with van der Waals surface area (Å²) in [6.07, 6.45) is 2.27. The summed E-state index contributed by atoms with van der Waals surface area (Å²) < 4.78 is 13.7. The van der Waals surface area contributed by atoms with Crippen molar-refractivity contribution < 1.29 is 4.39 Å². The first-order valence-corrected chi connectivity index (χ1v) is 5.34. The molecule has 1 aliphatic heterocycles. The first-order chi connectivity index (χ1) is 5.99. The summed E-state index contributed by atoms with van der Waals surface area (Å²) in [5.74, 6) is 0.257. The van der Waals surface area contributed by atoms with Crippen LogP contribution in [0.1, 0.15) is 40.0 Å². The second-order valence-electron chi connectivity index (χ2n) is 5.39. The summed E-state index contributed by atoms with van der Waals surface area (Å²) in [6, 6.07) is 0. The third kappa shape index (κ3) is 4.08. The molecule has 13 heavy (non-hydrogen) atoms. The van der Waals surface area contributed by atoms with Crippen LogP contribution < -0.4 is 5.32 Å². The zero-order valence-electron chi connectivity index (χ0n) is 9.07. The van der Waals surface area contributed by atoms with E-state index in [1.807, 2.05) is 0 Å². The van der Waals surface area contributed by atoms with Crippen LogP contribution in [-0.2, 0) is 0 Å². The van der Waals surface area contributed by atoms with Crippen LogP contribution in [0.5, 0.6) is 0 Å². The zero-order valence-corrected chi connectivity index (χ0v) is 9.07. The minimum Gasteiger partial charge on any atom is -0.316 e. The molecule has 78 valence electrons. The summed E-state index contributed by atoms with van der Waals surface area (Å²) in [6.45, 7) is 8.26. The van der Waals surface area contributed by atoms with Crippen molar-refractivity contribution in [2.24, 2.45) is 11.3 Å². The van der Waals surface area contributed by atoms with Crippen LogP contribution in [-0.4, -0.2) is 19.3 Å². The Hall–Kier alpha value is -0.110. The van der Waals surface area contributed by atoms with Gasteiger partial charge in [-0.3, -0.25) is 0 Å². The molecule has 1 heterocycles. The number of piperidine rings is 1. The van der Waals surface area contributed by atoms with Crippen LogP contribution >= 0.6 is 0 Å². The molecule has 0 aromatic carbocycles. The van der Waals surface area contributed by atoms with E-state index in [9.17, 15) is 4.39 Å². The summed E-state index contributed by atoms with van der Waals surface area (Å²) in [4.78, 5) is 0. The Balaban J connectivity index is 2.33. The van der Waals surface area contributed by atoms with Crippen molar-refractivity contribution in [3.05, 3.63) is 0 Å². The molecule has 1 rings (SSSR count). The predicted octanol–water partition coefficient (Wildman–Crippen LogP) is 2.76. The zero-order chi connectivity index (χ0) is 9.90. The van der Waals surface area contributed by atoms with Gasteiger partial charge in [-0.25, -0.2) is 4.39 Å². The smallest absolute Gasteiger partial charge is 0.105 e. The number of hydrogen-bond acceptors (Lipinski definition) is 1. The maximum Gasteiger partial charge on any atom is 0.105 e. The number of halogens is 1. The molecule has 2 heteroatoms. The summed E-state index contributed by atoms with van der Waals surface area (Å²) in [7, 11) is 0. The summed E-state index contributed by atoms with van der Waals surface area (Å²) >= 11 is 0. The van der Waals surface area contributed by atoms with E-state index >= 15 is 0 Å². The van der Waals surface area contributed by atoms with E-state index in [-0.39, 0.29) is 11.3 Å². The molecule has 0 aliphatic carbocycles. The summed E-state index contributed by atoms with van der Waals surface area (Å²) in [5.41, 5.74) is 0.122. The SMILES string of the molecule is CC(C)(C)CC(F)C1CCCNC1. The molecule has 1 fully saturated rings. The molecule has 1 N–H and O–H groups in total. The molecule has 0 amide bonds.